The Kier molecular flexibility index (Phi) is 11.7. The first-order valence-electron chi connectivity index (χ1n) is 14.1. The second kappa shape index (κ2) is 16.1. The Balaban J connectivity index is 1.50. The molecule has 1 aromatic heterocycles. The summed E-state index contributed by atoms with van der Waals surface area (Å²) in [5.74, 6) is -0.156. The van der Waals surface area contributed by atoms with Gasteiger partial charge in [-0.2, -0.15) is 0 Å². The van der Waals surface area contributed by atoms with Crippen molar-refractivity contribution in [1.82, 2.24) is 16.0 Å². The monoisotopic (exact) mass is 600 g/mol. The molecule has 0 spiro atoms. The molecule has 10 heteroatoms. The van der Waals surface area contributed by atoms with E-state index in [1.54, 1.807) is 17.5 Å². The van der Waals surface area contributed by atoms with E-state index in [-0.39, 0.29) is 25.3 Å². The van der Waals surface area contributed by atoms with Crippen LogP contribution in [0.5, 0.6) is 10.8 Å². The van der Waals surface area contributed by atoms with Crippen LogP contribution in [0.2, 0.25) is 0 Å². The van der Waals surface area contributed by atoms with Gasteiger partial charge in [-0.15, -0.1) is 11.3 Å². The molecule has 3 aromatic carbocycles. The Labute approximate surface area is 255 Å². The molecule has 5 N–H and O–H groups in total. The number of nitrogens with two attached hydrogens (primary N) is 1. The third kappa shape index (κ3) is 9.98. The van der Waals surface area contributed by atoms with Gasteiger partial charge < -0.3 is 31.2 Å². The number of hydrogen-bond donors (Lipinski definition) is 4. The van der Waals surface area contributed by atoms with Crippen molar-refractivity contribution in [3.05, 3.63) is 119 Å². The highest BCUT2D eigenvalue weighted by atomic mass is 32.1. The van der Waals surface area contributed by atoms with E-state index in [1.165, 1.54) is 11.3 Å². The summed E-state index contributed by atoms with van der Waals surface area (Å²) in [6.07, 6.45) is -0.330. The number of rotatable bonds is 14. The number of nitrogens with one attached hydrogen (secondary N) is 3. The van der Waals surface area contributed by atoms with Crippen molar-refractivity contribution in [3.8, 4) is 10.8 Å². The minimum atomic E-state index is -1.01. The SMILES string of the molecule is CCOc1ccc(C[C@@H](NC(=O)Oc2cccs2)C(=O)N[C@@H](Cc2ccccc2)C(=O)NCc2ccc(CN)cc2)cc1. The molecule has 43 heavy (non-hydrogen) atoms. The summed E-state index contributed by atoms with van der Waals surface area (Å²) in [7, 11) is 0. The van der Waals surface area contributed by atoms with E-state index in [9.17, 15) is 14.4 Å². The number of amides is 3. The molecule has 4 aromatic rings. The molecular weight excluding hydrogens is 564 g/mol. The first-order chi connectivity index (χ1) is 20.9. The molecule has 0 fully saturated rings. The summed E-state index contributed by atoms with van der Waals surface area (Å²) in [5.41, 5.74) is 9.26. The van der Waals surface area contributed by atoms with Crippen LogP contribution in [0.25, 0.3) is 0 Å². The largest absolute Gasteiger partial charge is 0.494 e. The van der Waals surface area contributed by atoms with Crippen LogP contribution in [-0.4, -0.2) is 36.6 Å². The molecule has 0 aliphatic carbocycles. The highest BCUT2D eigenvalue weighted by Crippen LogP contribution is 2.19. The lowest BCUT2D eigenvalue weighted by molar-refractivity contribution is -0.130. The van der Waals surface area contributed by atoms with Crippen molar-refractivity contribution in [2.75, 3.05) is 6.61 Å². The van der Waals surface area contributed by atoms with Crippen molar-refractivity contribution in [2.24, 2.45) is 5.73 Å². The molecule has 3 amide bonds. The Morgan fingerprint density at radius 2 is 1.37 bits per heavy atom. The Hall–Kier alpha value is -4.67. The predicted octanol–water partition coefficient (Wildman–Crippen LogP) is 4.35. The highest BCUT2D eigenvalue weighted by molar-refractivity contribution is 7.11. The van der Waals surface area contributed by atoms with Crippen molar-refractivity contribution in [1.29, 1.82) is 0 Å². The van der Waals surface area contributed by atoms with Crippen LogP contribution >= 0.6 is 11.3 Å². The molecule has 2 atom stereocenters. The van der Waals surface area contributed by atoms with Crippen LogP contribution in [0.1, 0.15) is 29.2 Å². The third-order valence-corrected chi connectivity index (χ3v) is 7.36. The fraction of sp³-hybridized carbons (Fsp3) is 0.242. The van der Waals surface area contributed by atoms with Crippen LogP contribution < -0.4 is 31.2 Å². The number of carbonyl (C=O) groups is 3. The van der Waals surface area contributed by atoms with Crippen LogP contribution in [0.15, 0.2) is 96.4 Å². The first-order valence-corrected chi connectivity index (χ1v) is 14.9. The standard InChI is InChI=1S/C33H36N4O5S/c1-2-41-27-16-14-24(15-17-27)20-29(37-33(40)42-30-9-6-18-43-30)32(39)36-28(19-23-7-4-3-5-8-23)31(38)35-22-26-12-10-25(21-34)11-13-26/h3-18,28-29H,2,19-22,34H2,1H3,(H,35,38)(H,36,39)(H,37,40)/t28-,29+/m0/s1. The van der Waals surface area contributed by atoms with Gasteiger partial charge in [-0.1, -0.05) is 66.7 Å². The molecule has 1 heterocycles. The van der Waals surface area contributed by atoms with E-state index in [4.69, 9.17) is 15.2 Å². The van der Waals surface area contributed by atoms with Crippen LogP contribution in [0, 0.1) is 0 Å². The summed E-state index contributed by atoms with van der Waals surface area (Å²) < 4.78 is 10.9. The zero-order chi connectivity index (χ0) is 30.4. The Bertz CT molecular complexity index is 1450. The molecule has 0 unspecified atom stereocenters. The maximum absolute atomic E-state index is 13.7. The van der Waals surface area contributed by atoms with Gasteiger partial charge in [0.2, 0.25) is 11.8 Å². The van der Waals surface area contributed by atoms with Crippen LogP contribution in [-0.2, 0) is 35.5 Å². The van der Waals surface area contributed by atoms with Gasteiger partial charge in [-0.3, -0.25) is 9.59 Å². The molecule has 0 radical (unpaired) electrons. The fourth-order valence-corrected chi connectivity index (χ4v) is 4.93. The lowest BCUT2D eigenvalue weighted by Crippen LogP contribution is -2.55. The van der Waals surface area contributed by atoms with E-state index in [2.05, 4.69) is 16.0 Å². The number of ether oxygens (including phenoxy) is 2. The fourth-order valence-electron chi connectivity index (χ4n) is 4.36. The average Bonchev–Trinajstić information content (AvgIpc) is 3.54. The smallest absolute Gasteiger partial charge is 0.414 e. The zero-order valence-electron chi connectivity index (χ0n) is 24.0. The van der Waals surface area contributed by atoms with E-state index in [0.29, 0.717) is 24.0 Å². The molecule has 9 nitrogen and oxygen atoms in total. The third-order valence-electron chi connectivity index (χ3n) is 6.61. The van der Waals surface area contributed by atoms with Gasteiger partial charge in [-0.05, 0) is 58.8 Å². The van der Waals surface area contributed by atoms with Gasteiger partial charge in [0.25, 0.3) is 0 Å². The van der Waals surface area contributed by atoms with Crippen molar-refractivity contribution < 1.29 is 23.9 Å². The van der Waals surface area contributed by atoms with E-state index < -0.39 is 24.1 Å². The van der Waals surface area contributed by atoms with E-state index in [0.717, 1.165) is 22.3 Å². The summed E-state index contributed by atoms with van der Waals surface area (Å²) in [5, 5.41) is 10.7. The molecule has 0 aliphatic heterocycles. The van der Waals surface area contributed by atoms with Gasteiger partial charge in [-0.25, -0.2) is 4.79 Å². The Morgan fingerprint density at radius 3 is 2.00 bits per heavy atom. The normalized spacial score (nSPS) is 12.0. The zero-order valence-corrected chi connectivity index (χ0v) is 24.8. The van der Waals surface area contributed by atoms with Crippen LogP contribution in [0.3, 0.4) is 0 Å². The maximum Gasteiger partial charge on any atom is 0.414 e. The quantitative estimate of drug-likeness (QED) is 0.170. The van der Waals surface area contributed by atoms with Gasteiger partial charge in [0.05, 0.1) is 6.61 Å². The second-order valence-corrected chi connectivity index (χ2v) is 10.7. The molecule has 4 rings (SSSR count). The number of hydrogen-bond acceptors (Lipinski definition) is 7. The average molecular weight is 601 g/mol. The number of thiophene rings is 1. The maximum atomic E-state index is 13.7. The predicted molar refractivity (Wildman–Crippen MR) is 167 cm³/mol. The minimum absolute atomic E-state index is 0.172. The van der Waals surface area contributed by atoms with Crippen molar-refractivity contribution in [3.63, 3.8) is 0 Å². The topological polar surface area (TPSA) is 132 Å². The van der Waals surface area contributed by atoms with Gasteiger partial charge in [0, 0.05) is 25.9 Å². The molecule has 0 saturated heterocycles. The lowest BCUT2D eigenvalue weighted by atomic mass is 10.0. The van der Waals surface area contributed by atoms with E-state index in [1.807, 2.05) is 85.8 Å². The number of benzene rings is 3. The summed E-state index contributed by atoms with van der Waals surface area (Å²) in [4.78, 5) is 39.9. The highest BCUT2D eigenvalue weighted by Gasteiger charge is 2.28. The summed E-state index contributed by atoms with van der Waals surface area (Å²) >= 11 is 1.26. The lowest BCUT2D eigenvalue weighted by Gasteiger charge is -2.23. The molecule has 0 saturated carbocycles. The minimum Gasteiger partial charge on any atom is -0.494 e. The molecular formula is C33H36N4O5S. The van der Waals surface area contributed by atoms with Crippen molar-refractivity contribution >= 4 is 29.2 Å². The summed E-state index contributed by atoms with van der Waals surface area (Å²) in [6, 6.07) is 25.9. The van der Waals surface area contributed by atoms with Gasteiger partial charge in [0.1, 0.15) is 17.8 Å². The van der Waals surface area contributed by atoms with E-state index >= 15 is 0 Å². The molecule has 224 valence electrons. The van der Waals surface area contributed by atoms with Gasteiger partial charge in [0.15, 0.2) is 5.06 Å². The molecule has 0 aliphatic rings. The second-order valence-electron chi connectivity index (χ2n) is 9.79. The van der Waals surface area contributed by atoms with Crippen LogP contribution in [0.4, 0.5) is 4.79 Å². The molecule has 0 bridgehead atoms. The summed E-state index contributed by atoms with van der Waals surface area (Å²) in [6.45, 7) is 3.15. The number of carbonyl (C=O) groups excluding carboxylic acids is 3. The van der Waals surface area contributed by atoms with Crippen molar-refractivity contribution in [2.45, 2.75) is 44.9 Å². The first kappa shape index (κ1) is 31.3. The van der Waals surface area contributed by atoms with Gasteiger partial charge >= 0.3 is 6.09 Å². The Morgan fingerprint density at radius 1 is 0.744 bits per heavy atom.